The molecular formula is C17H34ClN3O. The molecule has 0 aromatic heterocycles. The van der Waals surface area contributed by atoms with Gasteiger partial charge in [0.05, 0.1) is 13.2 Å². The lowest BCUT2D eigenvalue weighted by Gasteiger charge is -2.33. The fraction of sp³-hybridized carbons (Fsp3) is 1.00. The molecule has 2 N–H and O–H groups in total. The van der Waals surface area contributed by atoms with E-state index >= 15 is 0 Å². The number of halogens is 1. The molecule has 3 unspecified atom stereocenters. The van der Waals surface area contributed by atoms with Crippen LogP contribution in [0.3, 0.4) is 0 Å². The summed E-state index contributed by atoms with van der Waals surface area (Å²) in [7, 11) is 0. The van der Waals surface area contributed by atoms with Crippen LogP contribution in [0, 0.1) is 5.92 Å². The van der Waals surface area contributed by atoms with Crippen LogP contribution in [0.1, 0.15) is 44.9 Å². The first kappa shape index (κ1) is 18.5. The Hall–Kier alpha value is 0.130. The summed E-state index contributed by atoms with van der Waals surface area (Å²) < 4.78 is 5.66. The molecule has 0 radical (unpaired) electrons. The van der Waals surface area contributed by atoms with Gasteiger partial charge in [0.1, 0.15) is 0 Å². The lowest BCUT2D eigenvalue weighted by Crippen LogP contribution is -2.51. The Bertz CT molecular complexity index is 292. The van der Waals surface area contributed by atoms with Crippen LogP contribution in [0.5, 0.6) is 0 Å². The number of rotatable bonds is 5. The summed E-state index contributed by atoms with van der Waals surface area (Å²) in [6.07, 6.45) is 9.75. The number of likely N-dealkylation sites (tertiary alicyclic amines) is 1. The maximum Gasteiger partial charge on any atom is 0.0623 e. The van der Waals surface area contributed by atoms with Gasteiger partial charge in [-0.05, 0) is 44.7 Å². The maximum absolute atomic E-state index is 5.66. The van der Waals surface area contributed by atoms with Crippen LogP contribution in [0.25, 0.3) is 0 Å². The monoisotopic (exact) mass is 331 g/mol. The fourth-order valence-corrected chi connectivity index (χ4v) is 4.35. The largest absolute Gasteiger partial charge is 0.379 e. The van der Waals surface area contributed by atoms with Crippen molar-refractivity contribution < 1.29 is 4.74 Å². The third kappa shape index (κ3) is 5.34. The molecule has 2 heterocycles. The molecular weight excluding hydrogens is 298 g/mol. The number of hydrogen-bond acceptors (Lipinski definition) is 4. The van der Waals surface area contributed by atoms with E-state index in [0.717, 1.165) is 32.2 Å². The van der Waals surface area contributed by atoms with E-state index in [-0.39, 0.29) is 12.4 Å². The van der Waals surface area contributed by atoms with Crippen LogP contribution >= 0.6 is 12.4 Å². The van der Waals surface area contributed by atoms with Gasteiger partial charge in [-0.3, -0.25) is 0 Å². The van der Waals surface area contributed by atoms with Gasteiger partial charge in [0.2, 0.25) is 0 Å². The average molecular weight is 332 g/mol. The van der Waals surface area contributed by atoms with Gasteiger partial charge in [0.15, 0.2) is 0 Å². The number of nitrogens with one attached hydrogen (secondary N) is 2. The predicted molar refractivity (Wildman–Crippen MR) is 93.9 cm³/mol. The molecule has 0 aromatic carbocycles. The Balaban J connectivity index is 0.00000176. The summed E-state index contributed by atoms with van der Waals surface area (Å²) in [4.78, 5) is 2.66. The molecule has 3 atom stereocenters. The minimum atomic E-state index is 0. The molecule has 3 rings (SSSR count). The van der Waals surface area contributed by atoms with E-state index in [4.69, 9.17) is 4.74 Å². The number of hydrogen-bond donors (Lipinski definition) is 2. The van der Waals surface area contributed by atoms with E-state index in [1.807, 2.05) is 0 Å². The standard InChI is InChI=1S/C17H33N3O.ClH/c1-2-4-11-20(10-3-1)12-8-18-16-7-5-6-15(16)17-14-21-13-9-19-17;/h15-19H,1-14H2;1H. The molecule has 0 amide bonds. The van der Waals surface area contributed by atoms with Crippen molar-refractivity contribution in [1.29, 1.82) is 0 Å². The van der Waals surface area contributed by atoms with E-state index in [1.165, 1.54) is 64.6 Å². The summed E-state index contributed by atoms with van der Waals surface area (Å²) in [5.41, 5.74) is 0. The first-order chi connectivity index (χ1) is 10.4. The molecule has 130 valence electrons. The number of ether oxygens (including phenoxy) is 1. The highest BCUT2D eigenvalue weighted by Crippen LogP contribution is 2.29. The minimum Gasteiger partial charge on any atom is -0.379 e. The lowest BCUT2D eigenvalue weighted by atomic mass is 9.94. The fourth-order valence-electron chi connectivity index (χ4n) is 4.35. The minimum absolute atomic E-state index is 0. The van der Waals surface area contributed by atoms with Gasteiger partial charge in [0.25, 0.3) is 0 Å². The van der Waals surface area contributed by atoms with Crippen LogP contribution < -0.4 is 10.6 Å². The summed E-state index contributed by atoms with van der Waals surface area (Å²) in [5.74, 6) is 0.773. The predicted octanol–water partition coefficient (Wildman–Crippen LogP) is 2.03. The molecule has 2 saturated heterocycles. The van der Waals surface area contributed by atoms with Crippen molar-refractivity contribution in [2.75, 3.05) is 45.9 Å². The molecule has 0 spiro atoms. The Kier molecular flexibility index (Phi) is 8.47. The zero-order valence-corrected chi connectivity index (χ0v) is 14.7. The molecule has 2 aliphatic heterocycles. The van der Waals surface area contributed by atoms with Crippen molar-refractivity contribution in [3.8, 4) is 0 Å². The Morgan fingerprint density at radius 1 is 1.05 bits per heavy atom. The van der Waals surface area contributed by atoms with E-state index in [0.29, 0.717) is 12.1 Å². The zero-order chi connectivity index (χ0) is 14.3. The normalized spacial score (nSPS) is 34.1. The molecule has 0 aromatic rings. The van der Waals surface area contributed by atoms with Crippen LogP contribution in [-0.2, 0) is 4.74 Å². The maximum atomic E-state index is 5.66. The van der Waals surface area contributed by atoms with Gasteiger partial charge in [-0.1, -0.05) is 19.3 Å². The number of morpholine rings is 1. The molecule has 1 saturated carbocycles. The van der Waals surface area contributed by atoms with E-state index < -0.39 is 0 Å². The van der Waals surface area contributed by atoms with Gasteiger partial charge >= 0.3 is 0 Å². The van der Waals surface area contributed by atoms with Crippen LogP contribution in [0.15, 0.2) is 0 Å². The molecule has 0 bridgehead atoms. The molecule has 4 nitrogen and oxygen atoms in total. The molecule has 22 heavy (non-hydrogen) atoms. The first-order valence-corrected chi connectivity index (χ1v) is 9.20. The second-order valence-corrected chi connectivity index (χ2v) is 7.05. The Labute approximate surface area is 142 Å². The van der Waals surface area contributed by atoms with Crippen molar-refractivity contribution in [2.24, 2.45) is 5.92 Å². The van der Waals surface area contributed by atoms with Crippen LogP contribution in [0.4, 0.5) is 0 Å². The lowest BCUT2D eigenvalue weighted by molar-refractivity contribution is 0.0524. The smallest absolute Gasteiger partial charge is 0.0623 e. The van der Waals surface area contributed by atoms with Crippen LogP contribution in [0.2, 0.25) is 0 Å². The highest BCUT2D eigenvalue weighted by Gasteiger charge is 2.34. The van der Waals surface area contributed by atoms with Crippen molar-refractivity contribution in [1.82, 2.24) is 15.5 Å². The SMILES string of the molecule is C1CCCN(CCNC2CCCC2C2COCCN2)CC1.Cl. The first-order valence-electron chi connectivity index (χ1n) is 9.20. The quantitative estimate of drug-likeness (QED) is 0.808. The van der Waals surface area contributed by atoms with Crippen molar-refractivity contribution >= 4 is 12.4 Å². The van der Waals surface area contributed by atoms with Gasteiger partial charge in [-0.2, -0.15) is 0 Å². The summed E-state index contributed by atoms with van der Waals surface area (Å²) in [6, 6.07) is 1.29. The second-order valence-electron chi connectivity index (χ2n) is 7.05. The summed E-state index contributed by atoms with van der Waals surface area (Å²) in [6.45, 7) is 7.85. The van der Waals surface area contributed by atoms with Crippen molar-refractivity contribution in [2.45, 2.75) is 57.0 Å². The highest BCUT2D eigenvalue weighted by molar-refractivity contribution is 5.85. The molecule has 3 fully saturated rings. The number of nitrogens with zero attached hydrogens (tertiary/aromatic N) is 1. The molecule has 3 aliphatic rings. The van der Waals surface area contributed by atoms with Gasteiger partial charge in [-0.15, -0.1) is 12.4 Å². The summed E-state index contributed by atoms with van der Waals surface area (Å²) in [5, 5.41) is 7.52. The van der Waals surface area contributed by atoms with Crippen molar-refractivity contribution in [3.05, 3.63) is 0 Å². The third-order valence-corrected chi connectivity index (χ3v) is 5.57. The summed E-state index contributed by atoms with van der Waals surface area (Å²) >= 11 is 0. The highest BCUT2D eigenvalue weighted by atomic mass is 35.5. The Morgan fingerprint density at radius 3 is 2.59 bits per heavy atom. The molecule has 1 aliphatic carbocycles. The Morgan fingerprint density at radius 2 is 1.86 bits per heavy atom. The van der Waals surface area contributed by atoms with E-state index in [9.17, 15) is 0 Å². The van der Waals surface area contributed by atoms with E-state index in [2.05, 4.69) is 15.5 Å². The second kappa shape index (κ2) is 10.1. The third-order valence-electron chi connectivity index (χ3n) is 5.57. The zero-order valence-electron chi connectivity index (χ0n) is 13.9. The van der Waals surface area contributed by atoms with Gasteiger partial charge in [0, 0.05) is 31.7 Å². The average Bonchev–Trinajstić information content (AvgIpc) is 2.84. The topological polar surface area (TPSA) is 36.5 Å². The van der Waals surface area contributed by atoms with Crippen LogP contribution in [-0.4, -0.2) is 62.9 Å². The van der Waals surface area contributed by atoms with Crippen molar-refractivity contribution in [3.63, 3.8) is 0 Å². The van der Waals surface area contributed by atoms with E-state index in [1.54, 1.807) is 0 Å². The molecule has 5 heteroatoms. The van der Waals surface area contributed by atoms with Gasteiger partial charge < -0.3 is 20.3 Å². The van der Waals surface area contributed by atoms with Gasteiger partial charge in [-0.25, -0.2) is 0 Å².